The van der Waals surface area contributed by atoms with Gasteiger partial charge in [-0.3, -0.25) is 4.79 Å². The van der Waals surface area contributed by atoms with Crippen LogP contribution in [0.25, 0.3) is 0 Å². The van der Waals surface area contributed by atoms with Crippen molar-refractivity contribution in [3.8, 4) is 0 Å². The van der Waals surface area contributed by atoms with Gasteiger partial charge in [0.1, 0.15) is 0 Å². The lowest BCUT2D eigenvalue weighted by Gasteiger charge is -2.17. The third-order valence-electron chi connectivity index (χ3n) is 3.47. The van der Waals surface area contributed by atoms with E-state index in [0.29, 0.717) is 0 Å². The lowest BCUT2D eigenvalue weighted by atomic mass is 10.0. The number of amides is 1. The van der Waals surface area contributed by atoms with Crippen molar-refractivity contribution in [3.63, 3.8) is 0 Å². The summed E-state index contributed by atoms with van der Waals surface area (Å²) in [6.07, 6.45) is -0.623. The highest BCUT2D eigenvalue weighted by Gasteiger charge is 2.29. The fourth-order valence-electron chi connectivity index (χ4n) is 2.42. The molecule has 0 bridgehead atoms. The molecule has 1 atom stereocenters. The highest BCUT2D eigenvalue weighted by Crippen LogP contribution is 2.26. The molecule has 4 nitrogen and oxygen atoms in total. The molecule has 0 fully saturated rings. The van der Waals surface area contributed by atoms with E-state index in [-0.39, 0.29) is 5.91 Å². The molecule has 2 aromatic carbocycles. The summed E-state index contributed by atoms with van der Waals surface area (Å²) in [5.41, 5.74) is 7.51. The molecule has 2 aromatic rings. The van der Waals surface area contributed by atoms with Gasteiger partial charge in [0.15, 0.2) is 0 Å². The molecule has 0 spiro atoms. The number of fused-ring (bicyclic) bond motifs is 1. The maximum atomic E-state index is 12.2. The van der Waals surface area contributed by atoms with Crippen molar-refractivity contribution < 1.29 is 10.5 Å². The first-order chi connectivity index (χ1) is 9.68. The fraction of sp³-hybridized carbons (Fsp3) is 0.125. The Morgan fingerprint density at radius 1 is 1.05 bits per heavy atom. The molecule has 3 N–H and O–H groups in total. The molecule has 3 rings (SSSR count). The number of carbonyl (C=O) groups is 1. The van der Waals surface area contributed by atoms with Crippen LogP contribution < -0.4 is 10.6 Å². The van der Waals surface area contributed by atoms with Gasteiger partial charge < -0.3 is 10.6 Å². The first kappa shape index (κ1) is 12.6. The Morgan fingerprint density at radius 3 is 2.45 bits per heavy atom. The highest BCUT2D eigenvalue weighted by atomic mass is 16.2. The van der Waals surface area contributed by atoms with Gasteiger partial charge in [0, 0.05) is 18.2 Å². The Bertz CT molecular complexity index is 679. The Balaban J connectivity index is 2.24. The third-order valence-corrected chi connectivity index (χ3v) is 3.47. The molecule has 0 aliphatic carbocycles. The van der Waals surface area contributed by atoms with Gasteiger partial charge in [-0.2, -0.15) is 0 Å². The van der Waals surface area contributed by atoms with Gasteiger partial charge in [0.05, 0.1) is 11.4 Å². The van der Waals surface area contributed by atoms with Gasteiger partial charge >= 0.3 is 5.91 Å². The van der Waals surface area contributed by atoms with Gasteiger partial charge in [-0.25, -0.2) is 4.99 Å². The summed E-state index contributed by atoms with van der Waals surface area (Å²) in [7, 11) is 1.77. The minimum absolute atomic E-state index is 0.0941. The average Bonchev–Trinajstić information content (AvgIpc) is 2.60. The minimum Gasteiger partial charge on any atom is -0.328 e. The molecule has 20 heavy (non-hydrogen) atoms. The van der Waals surface area contributed by atoms with Crippen molar-refractivity contribution in [1.29, 1.82) is 0 Å². The normalized spacial score (nSPS) is 18.3. The second kappa shape index (κ2) is 4.90. The van der Waals surface area contributed by atoms with Crippen LogP contribution in [0.15, 0.2) is 59.6 Å². The molecule has 0 aromatic heterocycles. The van der Waals surface area contributed by atoms with Crippen LogP contribution in [-0.2, 0) is 4.79 Å². The van der Waals surface area contributed by atoms with Crippen LogP contribution in [0.5, 0.6) is 0 Å². The summed E-state index contributed by atoms with van der Waals surface area (Å²) in [4.78, 5) is 18.4. The van der Waals surface area contributed by atoms with Crippen LogP contribution in [0.3, 0.4) is 0 Å². The summed E-state index contributed by atoms with van der Waals surface area (Å²) in [6.45, 7) is 0. The molecule has 0 unspecified atom stereocenters. The molecule has 4 heteroatoms. The van der Waals surface area contributed by atoms with Crippen LogP contribution in [-0.4, -0.2) is 24.8 Å². The zero-order valence-electron chi connectivity index (χ0n) is 11.3. The molecule has 100 valence electrons. The summed E-state index contributed by atoms with van der Waals surface area (Å²) in [6, 6.07) is 17.7. The predicted molar refractivity (Wildman–Crippen MR) is 78.6 cm³/mol. The maximum Gasteiger partial charge on any atom is 0.308 e. The molecular weight excluding hydrogens is 250 g/mol. The lowest BCUT2D eigenvalue weighted by molar-refractivity contribution is -0.400. The molecule has 0 saturated carbocycles. The van der Waals surface area contributed by atoms with Crippen LogP contribution in [0.2, 0.25) is 0 Å². The number of nitrogens with zero attached hydrogens (tertiary/aromatic N) is 2. The second-order valence-electron chi connectivity index (χ2n) is 4.77. The first-order valence-electron chi connectivity index (χ1n) is 6.52. The maximum absolute atomic E-state index is 12.2. The summed E-state index contributed by atoms with van der Waals surface area (Å²) >= 11 is 0. The number of rotatable bonds is 1. The van der Waals surface area contributed by atoms with E-state index in [1.165, 1.54) is 0 Å². The zero-order valence-corrected chi connectivity index (χ0v) is 11.3. The Hall–Kier alpha value is -2.46. The van der Waals surface area contributed by atoms with Crippen molar-refractivity contribution in [2.75, 3.05) is 11.9 Å². The van der Waals surface area contributed by atoms with Crippen molar-refractivity contribution in [2.45, 2.75) is 6.17 Å². The van der Waals surface area contributed by atoms with Crippen molar-refractivity contribution in [1.82, 2.24) is 0 Å². The van der Waals surface area contributed by atoms with E-state index < -0.39 is 6.17 Å². The number of quaternary nitrogens is 1. The minimum atomic E-state index is -0.623. The standard InChI is InChI=1S/C16H15N3O/c1-19-13-10-6-5-9-12(13)14(18-15(17)16(19)20)11-7-3-2-4-8-11/h2-10,15H,17H2,1H3/p+1/t15-/m0/s1. The van der Waals surface area contributed by atoms with Crippen LogP contribution in [0.1, 0.15) is 11.1 Å². The van der Waals surface area contributed by atoms with E-state index in [2.05, 4.69) is 10.7 Å². The van der Waals surface area contributed by atoms with Crippen LogP contribution in [0.4, 0.5) is 5.69 Å². The van der Waals surface area contributed by atoms with Gasteiger partial charge in [0.2, 0.25) is 0 Å². The highest BCUT2D eigenvalue weighted by molar-refractivity contribution is 6.19. The zero-order chi connectivity index (χ0) is 14.1. The summed E-state index contributed by atoms with van der Waals surface area (Å²) < 4.78 is 0. The van der Waals surface area contributed by atoms with Crippen molar-refractivity contribution in [2.24, 2.45) is 4.99 Å². The van der Waals surface area contributed by atoms with E-state index in [1.54, 1.807) is 11.9 Å². The van der Waals surface area contributed by atoms with Gasteiger partial charge in [-0.1, -0.05) is 48.5 Å². The third kappa shape index (κ3) is 2.00. The average molecular weight is 266 g/mol. The molecule has 0 saturated heterocycles. The Kier molecular flexibility index (Phi) is 3.08. The number of hydrogen-bond donors (Lipinski definition) is 1. The van der Waals surface area contributed by atoms with Gasteiger partial charge in [0.25, 0.3) is 6.17 Å². The Morgan fingerprint density at radius 2 is 1.70 bits per heavy atom. The van der Waals surface area contributed by atoms with E-state index in [0.717, 1.165) is 22.5 Å². The number of carbonyl (C=O) groups excluding carboxylic acids is 1. The monoisotopic (exact) mass is 266 g/mol. The molecule has 1 heterocycles. The largest absolute Gasteiger partial charge is 0.328 e. The predicted octanol–water partition coefficient (Wildman–Crippen LogP) is 1.07. The van der Waals surface area contributed by atoms with Gasteiger partial charge in [-0.15, -0.1) is 0 Å². The number of aliphatic imine (C=N–C) groups is 1. The number of para-hydroxylation sites is 1. The number of benzene rings is 2. The van der Waals surface area contributed by atoms with Crippen LogP contribution >= 0.6 is 0 Å². The van der Waals surface area contributed by atoms with Crippen LogP contribution in [0, 0.1) is 0 Å². The number of likely N-dealkylation sites (N-methyl/N-ethyl adjacent to an activating group) is 1. The molecule has 0 radical (unpaired) electrons. The van der Waals surface area contributed by atoms with Gasteiger partial charge in [-0.05, 0) is 6.07 Å². The summed E-state index contributed by atoms with van der Waals surface area (Å²) in [5.74, 6) is -0.0941. The van der Waals surface area contributed by atoms with E-state index >= 15 is 0 Å². The SMILES string of the molecule is CN1C(=O)[C@@H]([NH3+])N=C(c2ccccc2)c2ccccc21. The number of anilines is 1. The van der Waals surface area contributed by atoms with E-state index in [4.69, 9.17) is 0 Å². The quantitative estimate of drug-likeness (QED) is 0.824. The molecule has 1 amide bonds. The molecular formula is C16H16N3O+. The topological polar surface area (TPSA) is 60.3 Å². The first-order valence-corrected chi connectivity index (χ1v) is 6.52. The van der Waals surface area contributed by atoms with Crippen molar-refractivity contribution in [3.05, 3.63) is 65.7 Å². The fourth-order valence-corrected chi connectivity index (χ4v) is 2.42. The second-order valence-corrected chi connectivity index (χ2v) is 4.77. The number of hydrogen-bond acceptors (Lipinski definition) is 2. The number of benzodiazepines with no additional fused rings is 1. The molecule has 1 aliphatic rings. The lowest BCUT2D eigenvalue weighted by Crippen LogP contribution is -2.66. The van der Waals surface area contributed by atoms with Crippen molar-refractivity contribution >= 4 is 17.3 Å². The molecule has 1 aliphatic heterocycles. The smallest absolute Gasteiger partial charge is 0.308 e. The summed E-state index contributed by atoms with van der Waals surface area (Å²) in [5, 5.41) is 0. The van der Waals surface area contributed by atoms with E-state index in [1.807, 2.05) is 54.6 Å². The Labute approximate surface area is 117 Å². The van der Waals surface area contributed by atoms with E-state index in [9.17, 15) is 4.79 Å².